The summed E-state index contributed by atoms with van der Waals surface area (Å²) in [6.07, 6.45) is 2.07. The van der Waals surface area contributed by atoms with Gasteiger partial charge in [0.1, 0.15) is 12.6 Å². The molecule has 0 aliphatic rings. The van der Waals surface area contributed by atoms with Crippen LogP contribution in [0.2, 0.25) is 10.0 Å². The van der Waals surface area contributed by atoms with Crippen LogP contribution < -0.4 is 9.62 Å². The number of carbonyl (C=O) groups excluding carboxylic acids is 2. The Kier molecular flexibility index (Phi) is 11.6. The van der Waals surface area contributed by atoms with E-state index in [1.54, 1.807) is 24.3 Å². The van der Waals surface area contributed by atoms with E-state index in [0.717, 1.165) is 33.8 Å². The minimum Gasteiger partial charge on any atom is -0.354 e. The third-order valence-electron chi connectivity index (χ3n) is 6.78. The summed E-state index contributed by atoms with van der Waals surface area (Å²) in [7, 11) is -4.25. The highest BCUT2D eigenvalue weighted by atomic mass is 35.5. The number of nitrogens with one attached hydrogen (secondary N) is 1. The van der Waals surface area contributed by atoms with E-state index in [-0.39, 0.29) is 33.1 Å². The molecule has 0 saturated heterocycles. The highest BCUT2D eigenvalue weighted by molar-refractivity contribution is 7.92. The zero-order chi connectivity index (χ0) is 30.2. The number of unbranched alkanes of at least 4 members (excludes halogenated alkanes) is 1. The average Bonchev–Trinajstić information content (AvgIpc) is 2.94. The molecule has 10 heteroatoms. The van der Waals surface area contributed by atoms with E-state index >= 15 is 0 Å². The van der Waals surface area contributed by atoms with E-state index in [2.05, 4.69) is 5.32 Å². The lowest BCUT2D eigenvalue weighted by molar-refractivity contribution is -0.140. The van der Waals surface area contributed by atoms with E-state index in [1.807, 2.05) is 52.0 Å². The molecule has 1 atom stereocenters. The van der Waals surface area contributed by atoms with Crippen molar-refractivity contribution in [2.24, 2.45) is 0 Å². The first-order valence-electron chi connectivity index (χ1n) is 13.7. The number of rotatable bonds is 13. The Hall–Kier alpha value is -3.07. The molecule has 0 aromatic heterocycles. The maximum Gasteiger partial charge on any atom is 0.264 e. The molecule has 7 nitrogen and oxygen atoms in total. The molecule has 0 saturated carbocycles. The molecule has 3 rings (SSSR count). The lowest BCUT2D eigenvalue weighted by Crippen LogP contribution is -2.52. The number of amides is 2. The van der Waals surface area contributed by atoms with Crippen LogP contribution in [0, 0.1) is 13.8 Å². The minimum absolute atomic E-state index is 0.00127. The second kappa shape index (κ2) is 14.7. The fraction of sp³-hybridized carbons (Fsp3) is 0.355. The third kappa shape index (κ3) is 8.24. The average molecular weight is 619 g/mol. The Bertz CT molecular complexity index is 1450. The van der Waals surface area contributed by atoms with Crippen molar-refractivity contribution in [3.05, 3.63) is 93.5 Å². The van der Waals surface area contributed by atoms with Gasteiger partial charge in [0, 0.05) is 13.1 Å². The summed E-state index contributed by atoms with van der Waals surface area (Å²) in [5.41, 5.74) is 2.83. The van der Waals surface area contributed by atoms with Crippen molar-refractivity contribution in [1.82, 2.24) is 10.2 Å². The number of carbonyl (C=O) groups is 2. The first kappa shape index (κ1) is 32.4. The van der Waals surface area contributed by atoms with Crippen LogP contribution in [0.3, 0.4) is 0 Å². The molecular weight excluding hydrogens is 581 g/mol. The molecule has 220 valence electrons. The minimum atomic E-state index is -4.25. The van der Waals surface area contributed by atoms with Crippen LogP contribution in [-0.2, 0) is 26.2 Å². The van der Waals surface area contributed by atoms with Crippen molar-refractivity contribution < 1.29 is 18.0 Å². The van der Waals surface area contributed by atoms with Crippen molar-refractivity contribution in [3.63, 3.8) is 0 Å². The summed E-state index contributed by atoms with van der Waals surface area (Å²) in [4.78, 5) is 28.8. The number of hydrogen-bond acceptors (Lipinski definition) is 4. The molecule has 3 aromatic rings. The monoisotopic (exact) mass is 617 g/mol. The van der Waals surface area contributed by atoms with Crippen molar-refractivity contribution in [1.29, 1.82) is 0 Å². The van der Waals surface area contributed by atoms with Crippen molar-refractivity contribution in [3.8, 4) is 0 Å². The van der Waals surface area contributed by atoms with Gasteiger partial charge in [-0.05, 0) is 56.5 Å². The quantitative estimate of drug-likeness (QED) is 0.221. The second-order valence-electron chi connectivity index (χ2n) is 9.97. The number of sulfonamides is 1. The lowest BCUT2D eigenvalue weighted by Gasteiger charge is -2.33. The van der Waals surface area contributed by atoms with Gasteiger partial charge in [-0.1, -0.05) is 97.1 Å². The van der Waals surface area contributed by atoms with Crippen LogP contribution in [0.4, 0.5) is 5.69 Å². The predicted octanol–water partition coefficient (Wildman–Crippen LogP) is 6.53. The van der Waals surface area contributed by atoms with Gasteiger partial charge in [0.25, 0.3) is 10.0 Å². The van der Waals surface area contributed by atoms with Crippen molar-refractivity contribution in [2.45, 2.75) is 64.4 Å². The summed E-state index contributed by atoms with van der Waals surface area (Å²) in [6.45, 7) is 7.71. The third-order valence-corrected chi connectivity index (χ3v) is 9.36. The summed E-state index contributed by atoms with van der Waals surface area (Å²) in [5.74, 6) is -0.829. The van der Waals surface area contributed by atoms with E-state index in [9.17, 15) is 18.0 Å². The second-order valence-corrected chi connectivity index (χ2v) is 12.6. The van der Waals surface area contributed by atoms with Gasteiger partial charge >= 0.3 is 0 Å². The highest BCUT2D eigenvalue weighted by Gasteiger charge is 2.34. The van der Waals surface area contributed by atoms with Crippen LogP contribution in [0.1, 0.15) is 49.8 Å². The van der Waals surface area contributed by atoms with Crippen LogP contribution in [0.15, 0.2) is 71.6 Å². The fourth-order valence-corrected chi connectivity index (χ4v) is 6.23. The zero-order valence-corrected chi connectivity index (χ0v) is 26.2. The highest BCUT2D eigenvalue weighted by Crippen LogP contribution is 2.35. The molecule has 0 spiro atoms. The summed E-state index contributed by atoms with van der Waals surface area (Å²) in [6, 6.07) is 17.8. The topological polar surface area (TPSA) is 86.8 Å². The molecule has 0 aliphatic heterocycles. The summed E-state index contributed by atoms with van der Waals surface area (Å²) in [5, 5.41) is 3.08. The van der Waals surface area contributed by atoms with E-state index < -0.39 is 28.5 Å². The van der Waals surface area contributed by atoms with Crippen LogP contribution in [0.5, 0.6) is 0 Å². The normalized spacial score (nSPS) is 12.0. The molecule has 0 heterocycles. The number of aryl methyl sites for hydroxylation is 2. The van der Waals surface area contributed by atoms with Gasteiger partial charge in [-0.25, -0.2) is 8.42 Å². The smallest absolute Gasteiger partial charge is 0.264 e. The number of halogens is 2. The zero-order valence-electron chi connectivity index (χ0n) is 23.9. The van der Waals surface area contributed by atoms with Gasteiger partial charge in [0.2, 0.25) is 11.8 Å². The number of anilines is 1. The molecule has 0 fully saturated rings. The molecule has 1 unspecified atom stereocenters. The summed E-state index contributed by atoms with van der Waals surface area (Å²) >= 11 is 12.8. The van der Waals surface area contributed by atoms with Crippen molar-refractivity contribution >= 4 is 50.7 Å². The number of hydrogen-bond donors (Lipinski definition) is 1. The Morgan fingerprint density at radius 3 is 2.10 bits per heavy atom. The van der Waals surface area contributed by atoms with Crippen LogP contribution >= 0.6 is 23.2 Å². The molecular formula is C31H37Cl2N3O4S. The van der Waals surface area contributed by atoms with Crippen LogP contribution in [0.25, 0.3) is 0 Å². The molecule has 0 aliphatic carbocycles. The van der Waals surface area contributed by atoms with Gasteiger partial charge < -0.3 is 10.2 Å². The van der Waals surface area contributed by atoms with Crippen LogP contribution in [-0.4, -0.2) is 44.3 Å². The van der Waals surface area contributed by atoms with E-state index in [4.69, 9.17) is 23.2 Å². The number of nitrogens with zero attached hydrogens (tertiary/aromatic N) is 2. The van der Waals surface area contributed by atoms with E-state index in [0.29, 0.717) is 13.0 Å². The first-order chi connectivity index (χ1) is 19.5. The molecule has 0 radical (unpaired) electrons. The Labute approximate surface area is 253 Å². The predicted molar refractivity (Wildman–Crippen MR) is 166 cm³/mol. The SMILES string of the molecule is CCCCNC(=O)C(CC)N(Cc1ccc(C)cc1)C(=O)CN(c1cccc(Cl)c1Cl)S(=O)(=O)c1ccc(C)cc1. The molecule has 1 N–H and O–H groups in total. The maximum absolute atomic E-state index is 14.1. The molecule has 2 amide bonds. The largest absolute Gasteiger partial charge is 0.354 e. The van der Waals surface area contributed by atoms with Gasteiger partial charge in [-0.2, -0.15) is 0 Å². The Morgan fingerprint density at radius 2 is 1.51 bits per heavy atom. The van der Waals surface area contributed by atoms with Gasteiger partial charge in [-0.3, -0.25) is 13.9 Å². The fourth-order valence-electron chi connectivity index (χ4n) is 4.35. The molecule has 41 heavy (non-hydrogen) atoms. The van der Waals surface area contributed by atoms with E-state index in [1.165, 1.54) is 23.1 Å². The molecule has 0 bridgehead atoms. The maximum atomic E-state index is 14.1. The summed E-state index contributed by atoms with van der Waals surface area (Å²) < 4.78 is 28.9. The molecule has 3 aromatic carbocycles. The van der Waals surface area contributed by atoms with Crippen molar-refractivity contribution in [2.75, 3.05) is 17.4 Å². The number of benzene rings is 3. The van der Waals surface area contributed by atoms with Gasteiger partial charge in [0.05, 0.1) is 20.6 Å². The first-order valence-corrected chi connectivity index (χ1v) is 15.8. The standard InChI is InChI=1S/C31H37Cl2N3O4S/c1-5-7-19-34-31(38)27(6-2)35(20-24-15-11-22(3)12-16-24)29(37)21-36(28-10-8-9-26(32)30(28)33)41(39,40)25-17-13-23(4)14-18-25/h8-18,27H,5-7,19-21H2,1-4H3,(H,34,38). The Balaban J connectivity index is 2.07. The Morgan fingerprint density at radius 1 is 0.902 bits per heavy atom. The lowest BCUT2D eigenvalue weighted by atomic mass is 10.1. The van der Waals surface area contributed by atoms with Gasteiger partial charge in [-0.15, -0.1) is 0 Å². The van der Waals surface area contributed by atoms with Gasteiger partial charge in [0.15, 0.2) is 0 Å².